The van der Waals surface area contributed by atoms with Crippen LogP contribution in [0.15, 0.2) is 78.9 Å². The summed E-state index contributed by atoms with van der Waals surface area (Å²) in [6, 6.07) is 23.7. The molecule has 1 atom stereocenters. The number of benzene rings is 3. The Kier molecular flexibility index (Phi) is 5.29. The van der Waals surface area contributed by atoms with Crippen molar-refractivity contribution < 1.29 is 9.59 Å². The number of aromatic nitrogens is 2. The van der Waals surface area contributed by atoms with Crippen LogP contribution in [0.1, 0.15) is 35.1 Å². The fraction of sp³-hybridized carbons (Fsp3) is 0.160. The number of anilines is 2. The molecule has 32 heavy (non-hydrogen) atoms. The number of imidazole rings is 1. The highest BCUT2D eigenvalue weighted by Gasteiger charge is 2.32. The van der Waals surface area contributed by atoms with Crippen molar-refractivity contribution in [1.29, 1.82) is 0 Å². The first-order valence-corrected chi connectivity index (χ1v) is 10.7. The van der Waals surface area contributed by atoms with Gasteiger partial charge in [-0.25, -0.2) is 9.78 Å². The second-order valence-corrected chi connectivity index (χ2v) is 7.82. The summed E-state index contributed by atoms with van der Waals surface area (Å²) < 4.78 is 0. The van der Waals surface area contributed by atoms with E-state index >= 15 is 0 Å². The van der Waals surface area contributed by atoms with Gasteiger partial charge in [0.1, 0.15) is 5.82 Å². The minimum absolute atomic E-state index is 0.0340. The Balaban J connectivity index is 1.27. The molecule has 1 unspecified atom stereocenters. The number of nitrogens with one attached hydrogen (secondary N) is 3. The average Bonchev–Trinajstić information content (AvgIpc) is 3.46. The van der Waals surface area contributed by atoms with Crippen LogP contribution in [0.5, 0.6) is 0 Å². The molecule has 3 aromatic carbocycles. The van der Waals surface area contributed by atoms with Gasteiger partial charge < -0.3 is 20.5 Å². The van der Waals surface area contributed by atoms with E-state index in [4.69, 9.17) is 4.98 Å². The normalized spacial score (nSPS) is 15.6. The molecule has 3 N–H and O–H groups in total. The van der Waals surface area contributed by atoms with Crippen molar-refractivity contribution in [2.45, 2.75) is 18.9 Å². The third kappa shape index (κ3) is 4.05. The second kappa shape index (κ2) is 8.55. The van der Waals surface area contributed by atoms with Gasteiger partial charge in [0.2, 0.25) is 0 Å². The molecule has 1 aliphatic rings. The molecule has 7 heteroatoms. The second-order valence-electron chi connectivity index (χ2n) is 7.82. The summed E-state index contributed by atoms with van der Waals surface area (Å²) in [5.74, 6) is 0.793. The number of hydrogen-bond donors (Lipinski definition) is 3. The first kappa shape index (κ1) is 19.8. The lowest BCUT2D eigenvalue weighted by molar-refractivity contribution is 0.0730. The maximum atomic E-state index is 13.2. The zero-order valence-electron chi connectivity index (χ0n) is 17.4. The number of rotatable bonds is 4. The monoisotopic (exact) mass is 425 g/mol. The molecule has 0 saturated carbocycles. The molecule has 2 heterocycles. The van der Waals surface area contributed by atoms with Crippen molar-refractivity contribution in [3.05, 3.63) is 90.3 Å². The van der Waals surface area contributed by atoms with E-state index in [9.17, 15) is 9.59 Å². The molecule has 0 spiro atoms. The molecule has 1 fully saturated rings. The zero-order valence-corrected chi connectivity index (χ0v) is 17.4. The lowest BCUT2D eigenvalue weighted by atomic mass is 10.1. The van der Waals surface area contributed by atoms with Crippen molar-refractivity contribution >= 4 is 34.3 Å². The molecule has 0 bridgehead atoms. The van der Waals surface area contributed by atoms with E-state index in [0.717, 1.165) is 29.7 Å². The van der Waals surface area contributed by atoms with Crippen molar-refractivity contribution in [2.75, 3.05) is 17.2 Å². The number of carbonyl (C=O) groups is 2. The maximum absolute atomic E-state index is 13.2. The van der Waals surface area contributed by atoms with Gasteiger partial charge in [0, 0.05) is 23.5 Å². The Morgan fingerprint density at radius 2 is 1.56 bits per heavy atom. The van der Waals surface area contributed by atoms with Crippen molar-refractivity contribution in [1.82, 2.24) is 14.9 Å². The summed E-state index contributed by atoms with van der Waals surface area (Å²) in [4.78, 5) is 35.3. The third-order valence-corrected chi connectivity index (χ3v) is 5.66. The largest absolute Gasteiger partial charge is 0.340 e. The number of H-pyrrole nitrogens is 1. The summed E-state index contributed by atoms with van der Waals surface area (Å²) in [7, 11) is 0. The summed E-state index contributed by atoms with van der Waals surface area (Å²) in [5, 5.41) is 5.56. The van der Waals surface area contributed by atoms with Crippen LogP contribution in [-0.2, 0) is 0 Å². The number of fused-ring (bicyclic) bond motifs is 1. The molecule has 1 aliphatic heterocycles. The molecular weight excluding hydrogens is 402 g/mol. The van der Waals surface area contributed by atoms with Crippen LogP contribution in [0, 0.1) is 0 Å². The summed E-state index contributed by atoms with van der Waals surface area (Å²) in [6.45, 7) is 0.694. The first-order chi connectivity index (χ1) is 15.7. The molecule has 1 saturated heterocycles. The van der Waals surface area contributed by atoms with Crippen molar-refractivity contribution in [2.24, 2.45) is 0 Å². The van der Waals surface area contributed by atoms with Crippen LogP contribution >= 0.6 is 0 Å². The minimum atomic E-state index is -0.334. The molecule has 4 aromatic rings. The van der Waals surface area contributed by atoms with Gasteiger partial charge in [-0.05, 0) is 61.4 Å². The number of nitrogens with zero attached hydrogens (tertiary/aromatic N) is 2. The van der Waals surface area contributed by atoms with Gasteiger partial charge in [0.15, 0.2) is 0 Å². The maximum Gasteiger partial charge on any atom is 0.323 e. The van der Waals surface area contributed by atoms with Gasteiger partial charge in [-0.2, -0.15) is 0 Å². The summed E-state index contributed by atoms with van der Waals surface area (Å²) in [6.07, 6.45) is 1.82. The zero-order chi connectivity index (χ0) is 21.9. The van der Waals surface area contributed by atoms with E-state index in [2.05, 4.69) is 15.6 Å². The number of para-hydroxylation sites is 3. The van der Waals surface area contributed by atoms with Gasteiger partial charge >= 0.3 is 6.03 Å². The van der Waals surface area contributed by atoms with Crippen molar-refractivity contribution in [3.8, 4) is 0 Å². The van der Waals surface area contributed by atoms with Crippen LogP contribution in [0.25, 0.3) is 11.0 Å². The summed E-state index contributed by atoms with van der Waals surface area (Å²) in [5.41, 5.74) is 3.80. The fourth-order valence-corrected chi connectivity index (χ4v) is 4.10. The van der Waals surface area contributed by atoms with Crippen LogP contribution in [0.3, 0.4) is 0 Å². The molecule has 7 nitrogen and oxygen atoms in total. The lowest BCUT2D eigenvalue weighted by Crippen LogP contribution is -2.31. The van der Waals surface area contributed by atoms with Gasteiger partial charge in [0.25, 0.3) is 5.91 Å². The SMILES string of the molecule is O=C(Nc1ccccc1)Nc1ccc(C(=O)N2CCCC2c2nc3ccccc3[nH]2)cc1. The fourth-order valence-electron chi connectivity index (χ4n) is 4.10. The topological polar surface area (TPSA) is 90.1 Å². The number of urea groups is 1. The first-order valence-electron chi connectivity index (χ1n) is 10.7. The standard InChI is InChI=1S/C25H23N5O2/c31-24(30-16-6-11-22(30)23-28-20-9-4-5-10-21(20)29-23)17-12-14-19(15-13-17)27-25(32)26-18-7-2-1-3-8-18/h1-5,7-10,12-15,22H,6,11,16H2,(H,28,29)(H2,26,27,32). The van der Waals surface area contributed by atoms with Gasteiger partial charge in [0.05, 0.1) is 17.1 Å². The molecule has 160 valence electrons. The molecule has 3 amide bonds. The van der Waals surface area contributed by atoms with E-state index in [0.29, 0.717) is 23.5 Å². The number of likely N-dealkylation sites (tertiary alicyclic amines) is 1. The Morgan fingerprint density at radius 3 is 2.31 bits per heavy atom. The molecule has 0 radical (unpaired) electrons. The molecule has 1 aromatic heterocycles. The van der Waals surface area contributed by atoms with E-state index in [-0.39, 0.29) is 18.0 Å². The highest BCUT2D eigenvalue weighted by atomic mass is 16.2. The molecular formula is C25H23N5O2. The molecule has 0 aliphatic carbocycles. The van der Waals surface area contributed by atoms with Gasteiger partial charge in [-0.1, -0.05) is 30.3 Å². The smallest absolute Gasteiger partial charge is 0.323 e. The number of carbonyl (C=O) groups excluding carboxylic acids is 2. The van der Waals surface area contributed by atoms with Gasteiger partial charge in [-0.15, -0.1) is 0 Å². The quantitative estimate of drug-likeness (QED) is 0.421. The highest BCUT2D eigenvalue weighted by molar-refractivity contribution is 6.00. The Bertz CT molecular complexity index is 1220. The van der Waals surface area contributed by atoms with E-state index in [1.165, 1.54) is 0 Å². The van der Waals surface area contributed by atoms with Crippen LogP contribution in [0.2, 0.25) is 0 Å². The minimum Gasteiger partial charge on any atom is -0.340 e. The highest BCUT2D eigenvalue weighted by Crippen LogP contribution is 2.32. The number of hydrogen-bond acceptors (Lipinski definition) is 3. The average molecular weight is 425 g/mol. The predicted molar refractivity (Wildman–Crippen MR) is 125 cm³/mol. The Hall–Kier alpha value is -4.13. The van der Waals surface area contributed by atoms with Gasteiger partial charge in [-0.3, -0.25) is 4.79 Å². The predicted octanol–water partition coefficient (Wildman–Crippen LogP) is 5.18. The Labute approximate surface area is 185 Å². The van der Waals surface area contributed by atoms with Crippen LogP contribution < -0.4 is 10.6 Å². The lowest BCUT2D eigenvalue weighted by Gasteiger charge is -2.23. The van der Waals surface area contributed by atoms with Crippen LogP contribution in [-0.4, -0.2) is 33.4 Å². The molecule has 5 rings (SSSR count). The third-order valence-electron chi connectivity index (χ3n) is 5.66. The number of amides is 3. The Morgan fingerprint density at radius 1 is 0.875 bits per heavy atom. The number of aromatic amines is 1. The van der Waals surface area contributed by atoms with Crippen molar-refractivity contribution in [3.63, 3.8) is 0 Å². The van der Waals surface area contributed by atoms with E-state index < -0.39 is 0 Å². The van der Waals surface area contributed by atoms with E-state index in [1.807, 2.05) is 59.5 Å². The van der Waals surface area contributed by atoms with Crippen LogP contribution in [0.4, 0.5) is 16.2 Å². The summed E-state index contributed by atoms with van der Waals surface area (Å²) >= 11 is 0. The van der Waals surface area contributed by atoms with E-state index in [1.54, 1.807) is 24.3 Å².